The first-order chi connectivity index (χ1) is 17.5. The molecule has 0 saturated heterocycles. The molecule has 0 fully saturated rings. The van der Waals surface area contributed by atoms with Crippen molar-refractivity contribution in [3.63, 3.8) is 0 Å². The zero-order valence-electron chi connectivity index (χ0n) is 20.5. The number of methoxy groups -OCH3 is 1. The van der Waals surface area contributed by atoms with E-state index in [9.17, 15) is 4.79 Å². The molecule has 184 valence electrons. The van der Waals surface area contributed by atoms with Gasteiger partial charge in [0.05, 0.1) is 46.9 Å². The lowest BCUT2D eigenvalue weighted by molar-refractivity contribution is -0.116. The standard InChI is InChI=1S/C27H27N5O3S/c1-17-4-7-20(16-28-17)25-22-10-11-23-27(36-24(30-23)14-18(2)33)26(22)32(31-25)21-8-5-19(6-9-21)15-29-35-13-12-34-3/h4-9,15-16H,10-14H2,1-3H3/b29-15-. The SMILES string of the molecule is COCCO/N=C\c1ccc(-n2nc(-c3ccc(C)nc3)c3c2-c2sc(CC(C)=O)nc2CC3)cc1. The average Bonchev–Trinajstić information content (AvgIpc) is 3.45. The van der Waals surface area contributed by atoms with Crippen molar-refractivity contribution >= 4 is 23.3 Å². The van der Waals surface area contributed by atoms with Crippen molar-refractivity contribution in [1.82, 2.24) is 19.7 Å². The summed E-state index contributed by atoms with van der Waals surface area (Å²) in [5.41, 5.74) is 8.01. The van der Waals surface area contributed by atoms with Gasteiger partial charge in [0.1, 0.15) is 17.4 Å². The van der Waals surface area contributed by atoms with Crippen molar-refractivity contribution in [3.8, 4) is 27.5 Å². The molecule has 0 unspecified atom stereocenters. The number of ether oxygens (including phenoxy) is 1. The van der Waals surface area contributed by atoms with Crippen LogP contribution < -0.4 is 0 Å². The molecule has 0 radical (unpaired) electrons. The van der Waals surface area contributed by atoms with E-state index in [1.165, 1.54) is 5.56 Å². The van der Waals surface area contributed by atoms with Crippen LogP contribution in [-0.2, 0) is 33.6 Å². The van der Waals surface area contributed by atoms with Crippen LogP contribution in [0.25, 0.3) is 27.5 Å². The molecular weight excluding hydrogens is 474 g/mol. The Bertz CT molecular complexity index is 1400. The van der Waals surface area contributed by atoms with E-state index >= 15 is 0 Å². The summed E-state index contributed by atoms with van der Waals surface area (Å²) in [5.74, 6) is 0.115. The summed E-state index contributed by atoms with van der Waals surface area (Å²) in [7, 11) is 1.62. The van der Waals surface area contributed by atoms with E-state index in [0.29, 0.717) is 19.6 Å². The van der Waals surface area contributed by atoms with E-state index in [2.05, 4.69) is 16.2 Å². The molecule has 0 atom stereocenters. The Balaban J connectivity index is 1.55. The van der Waals surface area contributed by atoms with Gasteiger partial charge in [-0.1, -0.05) is 17.3 Å². The van der Waals surface area contributed by atoms with Crippen LogP contribution in [0.3, 0.4) is 0 Å². The number of thiazole rings is 1. The zero-order valence-corrected chi connectivity index (χ0v) is 21.3. The van der Waals surface area contributed by atoms with Crippen molar-refractivity contribution in [3.05, 3.63) is 70.1 Å². The number of aryl methyl sites for hydroxylation is 2. The highest BCUT2D eigenvalue weighted by Crippen LogP contribution is 2.43. The number of carbonyl (C=O) groups excluding carboxylic acids is 1. The van der Waals surface area contributed by atoms with Crippen LogP contribution in [0.15, 0.2) is 47.8 Å². The number of carbonyl (C=O) groups is 1. The second-order valence-corrected chi connectivity index (χ2v) is 9.77. The van der Waals surface area contributed by atoms with Crippen molar-refractivity contribution in [2.24, 2.45) is 5.16 Å². The van der Waals surface area contributed by atoms with Gasteiger partial charge >= 0.3 is 0 Å². The Hall–Kier alpha value is -3.69. The topological polar surface area (TPSA) is 91.5 Å². The number of benzene rings is 1. The van der Waals surface area contributed by atoms with Gasteiger partial charge in [0.25, 0.3) is 0 Å². The van der Waals surface area contributed by atoms with E-state index in [1.54, 1.807) is 31.6 Å². The monoisotopic (exact) mass is 501 g/mol. The summed E-state index contributed by atoms with van der Waals surface area (Å²) in [4.78, 5) is 27.3. The molecule has 4 aromatic rings. The molecule has 3 heterocycles. The Labute approximate surface area is 213 Å². The summed E-state index contributed by atoms with van der Waals surface area (Å²) in [6.45, 7) is 4.48. The van der Waals surface area contributed by atoms with E-state index in [0.717, 1.165) is 62.3 Å². The highest BCUT2D eigenvalue weighted by Gasteiger charge is 2.29. The van der Waals surface area contributed by atoms with Gasteiger partial charge in [-0.25, -0.2) is 9.67 Å². The normalized spacial score (nSPS) is 12.5. The number of fused-ring (bicyclic) bond motifs is 3. The van der Waals surface area contributed by atoms with Crippen molar-refractivity contribution in [1.29, 1.82) is 0 Å². The molecule has 0 aliphatic heterocycles. The van der Waals surface area contributed by atoms with Crippen molar-refractivity contribution in [2.75, 3.05) is 20.3 Å². The molecule has 0 bridgehead atoms. The second kappa shape index (κ2) is 10.5. The number of oxime groups is 1. The van der Waals surface area contributed by atoms with E-state index in [4.69, 9.17) is 19.7 Å². The molecule has 8 nitrogen and oxygen atoms in total. The number of hydrogen-bond donors (Lipinski definition) is 0. The fourth-order valence-electron chi connectivity index (χ4n) is 4.21. The lowest BCUT2D eigenvalue weighted by Crippen LogP contribution is -2.06. The van der Waals surface area contributed by atoms with Gasteiger partial charge < -0.3 is 9.57 Å². The van der Waals surface area contributed by atoms with Gasteiger partial charge in [0, 0.05) is 30.1 Å². The highest BCUT2D eigenvalue weighted by molar-refractivity contribution is 7.15. The largest absolute Gasteiger partial charge is 0.393 e. The first-order valence-corrected chi connectivity index (χ1v) is 12.6. The molecule has 0 saturated carbocycles. The third-order valence-electron chi connectivity index (χ3n) is 5.93. The first kappa shape index (κ1) is 24.0. The Morgan fingerprint density at radius 2 is 2.00 bits per heavy atom. The third-order valence-corrected chi connectivity index (χ3v) is 7.03. The van der Waals surface area contributed by atoms with Crippen LogP contribution in [0.4, 0.5) is 0 Å². The minimum Gasteiger partial charge on any atom is -0.393 e. The highest BCUT2D eigenvalue weighted by atomic mass is 32.1. The number of nitrogens with zero attached hydrogens (tertiary/aromatic N) is 5. The second-order valence-electron chi connectivity index (χ2n) is 8.69. The molecule has 0 amide bonds. The van der Waals surface area contributed by atoms with Gasteiger partial charge in [-0.05, 0) is 56.5 Å². The lowest BCUT2D eigenvalue weighted by Gasteiger charge is -2.14. The summed E-state index contributed by atoms with van der Waals surface area (Å²) < 4.78 is 6.95. The molecule has 1 aliphatic rings. The molecule has 1 aliphatic carbocycles. The number of rotatable bonds is 9. The predicted molar refractivity (Wildman–Crippen MR) is 140 cm³/mol. The van der Waals surface area contributed by atoms with Gasteiger partial charge in [-0.15, -0.1) is 11.3 Å². The smallest absolute Gasteiger partial charge is 0.140 e. The lowest BCUT2D eigenvalue weighted by atomic mass is 9.95. The van der Waals surface area contributed by atoms with E-state index in [1.807, 2.05) is 48.1 Å². The number of hydrogen-bond acceptors (Lipinski definition) is 8. The maximum Gasteiger partial charge on any atom is 0.140 e. The Morgan fingerprint density at radius 1 is 1.17 bits per heavy atom. The van der Waals surface area contributed by atoms with Crippen LogP contribution >= 0.6 is 11.3 Å². The zero-order chi connectivity index (χ0) is 25.1. The van der Waals surface area contributed by atoms with Gasteiger partial charge in [0.2, 0.25) is 0 Å². The van der Waals surface area contributed by atoms with Crippen LogP contribution in [0.1, 0.15) is 34.4 Å². The summed E-state index contributed by atoms with van der Waals surface area (Å²) in [5, 5.41) is 9.92. The summed E-state index contributed by atoms with van der Waals surface area (Å²) >= 11 is 1.59. The van der Waals surface area contributed by atoms with E-state index < -0.39 is 0 Å². The van der Waals surface area contributed by atoms with Crippen LogP contribution in [0.5, 0.6) is 0 Å². The number of pyridine rings is 1. The first-order valence-electron chi connectivity index (χ1n) is 11.8. The molecule has 9 heteroatoms. The van der Waals surface area contributed by atoms with Gasteiger partial charge in [-0.2, -0.15) is 5.10 Å². The molecule has 1 aromatic carbocycles. The molecule has 0 N–H and O–H groups in total. The quantitative estimate of drug-likeness (QED) is 0.189. The number of Topliss-reactive ketones (excluding diaryl/α,β-unsaturated/α-hetero) is 1. The maximum atomic E-state index is 11.8. The molecule has 3 aromatic heterocycles. The maximum absolute atomic E-state index is 11.8. The number of aromatic nitrogens is 4. The van der Waals surface area contributed by atoms with Crippen LogP contribution in [0, 0.1) is 6.92 Å². The minimum absolute atomic E-state index is 0.115. The van der Waals surface area contributed by atoms with Gasteiger partial charge in [0.15, 0.2) is 0 Å². The summed E-state index contributed by atoms with van der Waals surface area (Å²) in [6, 6.07) is 12.1. The Morgan fingerprint density at radius 3 is 2.72 bits per heavy atom. The predicted octanol–water partition coefficient (Wildman–Crippen LogP) is 4.59. The number of ketones is 1. The third kappa shape index (κ3) is 4.98. The van der Waals surface area contributed by atoms with Crippen LogP contribution in [0.2, 0.25) is 0 Å². The van der Waals surface area contributed by atoms with E-state index in [-0.39, 0.29) is 5.78 Å². The van der Waals surface area contributed by atoms with Crippen molar-refractivity contribution < 1.29 is 14.4 Å². The summed E-state index contributed by atoms with van der Waals surface area (Å²) in [6.07, 6.45) is 5.58. The molecule has 5 rings (SSSR count). The molecule has 36 heavy (non-hydrogen) atoms. The minimum atomic E-state index is 0.115. The van der Waals surface area contributed by atoms with Gasteiger partial charge in [-0.3, -0.25) is 9.78 Å². The average molecular weight is 502 g/mol. The van der Waals surface area contributed by atoms with Crippen molar-refractivity contribution in [2.45, 2.75) is 33.1 Å². The Kier molecular flexibility index (Phi) is 7.02. The molecule has 0 spiro atoms. The fourth-order valence-corrected chi connectivity index (χ4v) is 5.45. The van der Waals surface area contributed by atoms with Crippen LogP contribution in [-0.4, -0.2) is 52.1 Å². The molecular formula is C27H27N5O3S. The fraction of sp³-hybridized carbons (Fsp3) is 0.296.